The zero-order valence-corrected chi connectivity index (χ0v) is 14.8. The van der Waals surface area contributed by atoms with Crippen LogP contribution in [0.3, 0.4) is 0 Å². The van der Waals surface area contributed by atoms with E-state index in [-0.39, 0.29) is 16.5 Å². The fourth-order valence-corrected chi connectivity index (χ4v) is 2.68. The lowest BCUT2D eigenvalue weighted by Gasteiger charge is -2.13. The number of para-hydroxylation sites is 1. The van der Waals surface area contributed by atoms with Crippen LogP contribution in [0.1, 0.15) is 23.0 Å². The highest BCUT2D eigenvalue weighted by Gasteiger charge is 2.24. The second kappa shape index (κ2) is 7.17. The van der Waals surface area contributed by atoms with Gasteiger partial charge >= 0.3 is 5.97 Å². The Balaban J connectivity index is 1.71. The van der Waals surface area contributed by atoms with Crippen molar-refractivity contribution in [2.75, 3.05) is 5.32 Å². The molecule has 0 bridgehead atoms. The number of ether oxygens (including phenoxy) is 1. The molecular formula is C19H15ClFNO4. The monoisotopic (exact) mass is 375 g/mol. The summed E-state index contributed by atoms with van der Waals surface area (Å²) in [6, 6.07) is 10.8. The van der Waals surface area contributed by atoms with E-state index in [1.54, 1.807) is 19.1 Å². The molecule has 0 aliphatic carbocycles. The molecule has 0 aliphatic rings. The molecule has 1 N–H and O–H groups in total. The number of esters is 1. The zero-order chi connectivity index (χ0) is 18.8. The molecule has 3 aromatic rings. The van der Waals surface area contributed by atoms with Gasteiger partial charge in [0, 0.05) is 10.9 Å². The number of carbonyl (C=O) groups is 2. The largest absolute Gasteiger partial charge is 0.449 e. The highest BCUT2D eigenvalue weighted by molar-refractivity contribution is 6.33. The van der Waals surface area contributed by atoms with E-state index in [0.29, 0.717) is 11.1 Å². The maximum absolute atomic E-state index is 13.1. The van der Waals surface area contributed by atoms with Crippen molar-refractivity contribution in [1.29, 1.82) is 0 Å². The normalized spacial score (nSPS) is 12.0. The van der Waals surface area contributed by atoms with Gasteiger partial charge in [-0.1, -0.05) is 29.8 Å². The Morgan fingerprint density at radius 1 is 1.23 bits per heavy atom. The zero-order valence-electron chi connectivity index (χ0n) is 14.0. The van der Waals surface area contributed by atoms with Crippen molar-refractivity contribution in [3.8, 4) is 0 Å². The summed E-state index contributed by atoms with van der Waals surface area (Å²) in [5, 5.41) is 3.34. The van der Waals surface area contributed by atoms with Crippen LogP contribution in [0.4, 0.5) is 10.1 Å². The maximum atomic E-state index is 13.1. The van der Waals surface area contributed by atoms with Gasteiger partial charge in [0.25, 0.3) is 5.91 Å². The first-order chi connectivity index (χ1) is 12.4. The predicted octanol–water partition coefficient (Wildman–Crippen LogP) is 4.72. The number of halogens is 2. The number of aryl methyl sites for hydroxylation is 1. The van der Waals surface area contributed by atoms with E-state index in [1.807, 2.05) is 12.1 Å². The van der Waals surface area contributed by atoms with Crippen LogP contribution in [0.15, 0.2) is 46.9 Å². The van der Waals surface area contributed by atoms with Gasteiger partial charge in [-0.3, -0.25) is 4.79 Å². The van der Waals surface area contributed by atoms with E-state index >= 15 is 0 Å². The molecule has 1 atom stereocenters. The molecule has 134 valence electrons. The van der Waals surface area contributed by atoms with E-state index in [4.69, 9.17) is 20.8 Å². The lowest BCUT2D eigenvalue weighted by molar-refractivity contribution is -0.123. The van der Waals surface area contributed by atoms with Crippen LogP contribution in [0.5, 0.6) is 0 Å². The Hall–Kier alpha value is -2.86. The van der Waals surface area contributed by atoms with Crippen LogP contribution in [-0.4, -0.2) is 18.0 Å². The summed E-state index contributed by atoms with van der Waals surface area (Å²) in [6.07, 6.45) is -1.10. The Morgan fingerprint density at radius 2 is 1.96 bits per heavy atom. The number of carbonyl (C=O) groups excluding carboxylic acids is 2. The Morgan fingerprint density at radius 3 is 2.65 bits per heavy atom. The Labute approximate surface area is 153 Å². The van der Waals surface area contributed by atoms with E-state index in [9.17, 15) is 14.0 Å². The number of fused-ring (bicyclic) bond motifs is 1. The van der Waals surface area contributed by atoms with Crippen molar-refractivity contribution in [2.24, 2.45) is 0 Å². The molecule has 1 aromatic heterocycles. The molecular weight excluding hydrogens is 361 g/mol. The molecule has 1 amide bonds. The highest BCUT2D eigenvalue weighted by atomic mass is 35.5. The third-order valence-electron chi connectivity index (χ3n) is 3.87. The molecule has 2 aromatic carbocycles. The summed E-state index contributed by atoms with van der Waals surface area (Å²) in [6.45, 7) is 3.16. The number of furan rings is 1. The number of amides is 1. The first kappa shape index (κ1) is 17.9. The summed E-state index contributed by atoms with van der Waals surface area (Å²) < 4.78 is 23.8. The van der Waals surface area contributed by atoms with Gasteiger partial charge in [-0.05, 0) is 38.1 Å². The Bertz CT molecular complexity index is 998. The second-order valence-corrected chi connectivity index (χ2v) is 6.12. The van der Waals surface area contributed by atoms with Crippen LogP contribution in [0.2, 0.25) is 5.02 Å². The van der Waals surface area contributed by atoms with Crippen molar-refractivity contribution in [1.82, 2.24) is 0 Å². The van der Waals surface area contributed by atoms with E-state index in [2.05, 4.69) is 5.32 Å². The van der Waals surface area contributed by atoms with E-state index in [1.165, 1.54) is 13.0 Å². The number of nitrogens with one attached hydrogen (secondary N) is 1. The summed E-state index contributed by atoms with van der Waals surface area (Å²) >= 11 is 5.87. The van der Waals surface area contributed by atoms with Gasteiger partial charge in [-0.25, -0.2) is 9.18 Å². The molecule has 7 heteroatoms. The molecule has 0 saturated heterocycles. The number of hydrogen-bond donors (Lipinski definition) is 1. The van der Waals surface area contributed by atoms with Gasteiger partial charge in [-0.2, -0.15) is 0 Å². The molecule has 0 saturated carbocycles. The van der Waals surface area contributed by atoms with Crippen LogP contribution < -0.4 is 5.32 Å². The third kappa shape index (κ3) is 3.55. The maximum Gasteiger partial charge on any atom is 0.375 e. The average Bonchev–Trinajstić information content (AvgIpc) is 2.94. The van der Waals surface area contributed by atoms with Gasteiger partial charge in [-0.15, -0.1) is 0 Å². The summed E-state index contributed by atoms with van der Waals surface area (Å²) in [7, 11) is 0. The van der Waals surface area contributed by atoms with Crippen LogP contribution >= 0.6 is 11.6 Å². The minimum absolute atomic E-state index is 0.0463. The van der Waals surface area contributed by atoms with Crippen LogP contribution in [-0.2, 0) is 9.53 Å². The Kier molecular flexibility index (Phi) is 4.95. The van der Waals surface area contributed by atoms with Crippen molar-refractivity contribution < 1.29 is 23.1 Å². The van der Waals surface area contributed by atoms with Gasteiger partial charge in [0.1, 0.15) is 11.4 Å². The summed E-state index contributed by atoms with van der Waals surface area (Å²) in [4.78, 5) is 24.5. The van der Waals surface area contributed by atoms with Gasteiger partial charge < -0.3 is 14.5 Å². The number of rotatable bonds is 4. The lowest BCUT2D eigenvalue weighted by atomic mass is 10.1. The van der Waals surface area contributed by atoms with Crippen LogP contribution in [0.25, 0.3) is 11.0 Å². The molecule has 0 fully saturated rings. The van der Waals surface area contributed by atoms with E-state index < -0.39 is 23.8 Å². The second-order valence-electron chi connectivity index (χ2n) is 5.71. The van der Waals surface area contributed by atoms with Gasteiger partial charge in [0.05, 0.1) is 10.7 Å². The predicted molar refractivity (Wildman–Crippen MR) is 95.9 cm³/mol. The highest BCUT2D eigenvalue weighted by Crippen LogP contribution is 2.26. The summed E-state index contributed by atoms with van der Waals surface area (Å²) in [5.41, 5.74) is 1.42. The SMILES string of the molecule is Cc1c(C(=O)OC(C)C(=O)Nc2ccc(F)cc2Cl)oc2ccccc12. The van der Waals surface area contributed by atoms with Crippen molar-refractivity contribution in [3.63, 3.8) is 0 Å². The van der Waals surface area contributed by atoms with Crippen molar-refractivity contribution in [2.45, 2.75) is 20.0 Å². The average molecular weight is 376 g/mol. The van der Waals surface area contributed by atoms with E-state index in [0.717, 1.165) is 17.5 Å². The number of benzene rings is 2. The van der Waals surface area contributed by atoms with Crippen LogP contribution in [0, 0.1) is 12.7 Å². The molecule has 5 nitrogen and oxygen atoms in total. The lowest BCUT2D eigenvalue weighted by Crippen LogP contribution is -2.30. The minimum atomic E-state index is -1.10. The molecule has 3 rings (SSSR count). The number of hydrogen-bond acceptors (Lipinski definition) is 4. The molecule has 0 radical (unpaired) electrons. The smallest absolute Gasteiger partial charge is 0.375 e. The standard InChI is InChI=1S/C19H15ClFNO4/c1-10-13-5-3-4-6-16(13)26-17(10)19(24)25-11(2)18(23)22-15-8-7-12(21)9-14(15)20/h3-9,11H,1-2H3,(H,22,23). The minimum Gasteiger partial charge on any atom is -0.449 e. The molecule has 26 heavy (non-hydrogen) atoms. The molecule has 0 spiro atoms. The topological polar surface area (TPSA) is 68.5 Å². The first-order valence-electron chi connectivity index (χ1n) is 7.82. The van der Waals surface area contributed by atoms with Gasteiger partial charge in [0.2, 0.25) is 5.76 Å². The molecule has 1 heterocycles. The quantitative estimate of drug-likeness (QED) is 0.670. The third-order valence-corrected chi connectivity index (χ3v) is 4.18. The molecule has 1 unspecified atom stereocenters. The fourth-order valence-electron chi connectivity index (χ4n) is 2.46. The number of anilines is 1. The van der Waals surface area contributed by atoms with Gasteiger partial charge in [0.15, 0.2) is 6.10 Å². The van der Waals surface area contributed by atoms with Crippen molar-refractivity contribution in [3.05, 3.63) is 64.6 Å². The molecule has 0 aliphatic heterocycles. The first-order valence-corrected chi connectivity index (χ1v) is 8.19. The fraction of sp³-hybridized carbons (Fsp3) is 0.158. The summed E-state index contributed by atoms with van der Waals surface area (Å²) in [5.74, 6) is -1.81. The van der Waals surface area contributed by atoms with Crippen molar-refractivity contribution >= 4 is 40.1 Å².